The smallest absolute Gasteiger partial charge is 0.104 e. The Bertz CT molecular complexity index is 1040. The van der Waals surface area contributed by atoms with E-state index < -0.39 is 8.80 Å². The maximum absolute atomic E-state index is 4.57. The molecule has 3 aliphatic rings. The molecule has 2 aromatic rings. The zero-order valence-corrected chi connectivity index (χ0v) is 19.1. The lowest BCUT2D eigenvalue weighted by Gasteiger charge is -2.35. The van der Waals surface area contributed by atoms with Gasteiger partial charge in [0.15, 0.2) is 0 Å². The molecule has 26 heavy (non-hydrogen) atoms. The van der Waals surface area contributed by atoms with E-state index in [-0.39, 0.29) is 0 Å². The quantitative estimate of drug-likeness (QED) is 0.358. The molecule has 3 unspecified atom stereocenters. The molecule has 1 spiro atoms. The van der Waals surface area contributed by atoms with Crippen molar-refractivity contribution in [1.29, 1.82) is 0 Å². The summed E-state index contributed by atoms with van der Waals surface area (Å²) in [7, 11) is -0.971. The van der Waals surface area contributed by atoms with Crippen molar-refractivity contribution in [3.63, 3.8) is 0 Å². The predicted molar refractivity (Wildman–Crippen MR) is 122 cm³/mol. The third-order valence-electron chi connectivity index (χ3n) is 6.01. The zero-order valence-electron chi connectivity index (χ0n) is 15.5. The van der Waals surface area contributed by atoms with Gasteiger partial charge < -0.3 is 0 Å². The minimum Gasteiger partial charge on any atom is -0.148 e. The molecule has 5 rings (SSSR count). The Labute approximate surface area is 171 Å². The van der Waals surface area contributed by atoms with Crippen molar-refractivity contribution in [2.75, 3.05) is 0 Å². The van der Waals surface area contributed by atoms with Crippen LogP contribution in [-0.4, -0.2) is 13.7 Å². The molecular weight excluding hydrogens is 389 g/mol. The lowest BCUT2D eigenvalue weighted by atomic mass is 9.85. The molecule has 1 fully saturated rings. The molecule has 0 radical (unpaired) electrons. The second-order valence-electron chi connectivity index (χ2n) is 7.53. The van der Waals surface area contributed by atoms with Crippen LogP contribution in [-0.2, 0) is 5.04 Å². The van der Waals surface area contributed by atoms with Crippen LogP contribution < -0.4 is 0 Å². The number of thiol groups is 1. The maximum atomic E-state index is 4.57. The molecule has 0 N–H and O–H groups in total. The predicted octanol–water partition coefficient (Wildman–Crippen LogP) is 6.18. The van der Waals surface area contributed by atoms with Gasteiger partial charge in [-0.3, -0.25) is 0 Å². The van der Waals surface area contributed by atoms with Crippen LogP contribution in [0.1, 0.15) is 34.7 Å². The fourth-order valence-corrected chi connectivity index (χ4v) is 14.3. The number of allylic oxidation sites excluding steroid dienone is 6. The summed E-state index contributed by atoms with van der Waals surface area (Å²) < 4.78 is 0. The number of benzene rings is 1. The standard InChI is InChI=1S/C22H22S3Si/c1-5-15(10-12(2)23)20-19(16-11-13(3)24-14(16)4)22-17-8-6-7-9-18(17)25-21(22)26(20)22/h5-11,21,23,26H,1-4H3/b12-10-,15-5-. The van der Waals surface area contributed by atoms with Crippen LogP contribution in [0.2, 0.25) is 0 Å². The van der Waals surface area contributed by atoms with E-state index in [1.807, 2.05) is 11.3 Å². The van der Waals surface area contributed by atoms with Crippen LogP contribution in [0.25, 0.3) is 5.57 Å². The van der Waals surface area contributed by atoms with E-state index in [0.717, 1.165) is 9.78 Å². The van der Waals surface area contributed by atoms with E-state index in [9.17, 15) is 0 Å². The number of hydrogen-bond donors (Lipinski definition) is 1. The van der Waals surface area contributed by atoms with Crippen molar-refractivity contribution in [1.82, 2.24) is 0 Å². The first kappa shape index (κ1) is 17.2. The average molecular weight is 411 g/mol. The van der Waals surface area contributed by atoms with E-state index >= 15 is 0 Å². The Balaban J connectivity index is 1.76. The highest BCUT2D eigenvalue weighted by Crippen LogP contribution is 2.78. The third-order valence-corrected chi connectivity index (χ3v) is 13.7. The normalized spacial score (nSPS) is 29.3. The molecule has 0 amide bonds. The molecular formula is C22H22S3Si. The van der Waals surface area contributed by atoms with Gasteiger partial charge in [0.05, 0.1) is 0 Å². The SMILES string of the molecule is C/C=C(/C=C(/C)S)C1=C(c2cc(C)sc2C)C23c4ccccc4SC2[SiH]13. The van der Waals surface area contributed by atoms with Crippen molar-refractivity contribution in [3.05, 3.63) is 79.0 Å². The van der Waals surface area contributed by atoms with Crippen LogP contribution in [0.5, 0.6) is 0 Å². The second kappa shape index (κ2) is 5.78. The van der Waals surface area contributed by atoms with E-state index in [1.165, 1.54) is 25.8 Å². The molecule has 1 aromatic heterocycles. The molecule has 1 saturated heterocycles. The molecule has 4 heterocycles. The highest BCUT2D eigenvalue weighted by Gasteiger charge is 2.80. The molecule has 0 bridgehead atoms. The van der Waals surface area contributed by atoms with Gasteiger partial charge in [0.2, 0.25) is 0 Å². The highest BCUT2D eigenvalue weighted by molar-refractivity contribution is 8.03. The highest BCUT2D eigenvalue weighted by atomic mass is 32.2. The molecule has 0 saturated carbocycles. The van der Waals surface area contributed by atoms with Crippen LogP contribution in [0.4, 0.5) is 0 Å². The summed E-state index contributed by atoms with van der Waals surface area (Å²) in [6.07, 6.45) is 4.57. The number of rotatable bonds is 3. The summed E-state index contributed by atoms with van der Waals surface area (Å²) in [5, 5.41) is 2.09. The van der Waals surface area contributed by atoms with Crippen molar-refractivity contribution in [3.8, 4) is 0 Å². The number of thioether (sulfide) groups is 1. The van der Waals surface area contributed by atoms with E-state index in [1.54, 1.807) is 16.3 Å². The van der Waals surface area contributed by atoms with Gasteiger partial charge in [0.25, 0.3) is 0 Å². The summed E-state index contributed by atoms with van der Waals surface area (Å²) in [5.41, 5.74) is 6.20. The van der Waals surface area contributed by atoms with Gasteiger partial charge in [-0.05, 0) is 78.3 Å². The molecule has 0 aliphatic carbocycles. The minimum atomic E-state index is -0.971. The second-order valence-corrected chi connectivity index (χ2v) is 14.5. The van der Waals surface area contributed by atoms with Gasteiger partial charge in [-0.1, -0.05) is 24.3 Å². The van der Waals surface area contributed by atoms with Crippen LogP contribution >= 0.6 is 35.7 Å². The Morgan fingerprint density at radius 3 is 2.69 bits per heavy atom. The first-order valence-electron chi connectivity index (χ1n) is 9.12. The van der Waals surface area contributed by atoms with Gasteiger partial charge in [-0.2, -0.15) is 0 Å². The summed E-state index contributed by atoms with van der Waals surface area (Å²) in [6.45, 7) is 8.80. The Morgan fingerprint density at radius 2 is 2.04 bits per heavy atom. The molecule has 3 atom stereocenters. The van der Waals surface area contributed by atoms with Crippen LogP contribution in [0.15, 0.2) is 63.1 Å². The monoisotopic (exact) mass is 410 g/mol. The lowest BCUT2D eigenvalue weighted by Crippen LogP contribution is -2.32. The van der Waals surface area contributed by atoms with E-state index in [0.29, 0.717) is 5.04 Å². The third kappa shape index (κ3) is 2.05. The molecule has 132 valence electrons. The number of aryl methyl sites for hydroxylation is 2. The summed E-state index contributed by atoms with van der Waals surface area (Å²) in [5.74, 6) is 0. The zero-order chi connectivity index (χ0) is 18.2. The molecule has 3 aliphatic heterocycles. The van der Waals surface area contributed by atoms with Gasteiger partial charge in [-0.25, -0.2) is 0 Å². The van der Waals surface area contributed by atoms with E-state index in [4.69, 9.17) is 0 Å². The Hall–Kier alpha value is -0.943. The van der Waals surface area contributed by atoms with Crippen molar-refractivity contribution in [2.24, 2.45) is 0 Å². The number of thiophene rings is 1. The van der Waals surface area contributed by atoms with Gasteiger partial charge in [0, 0.05) is 24.6 Å². The fourth-order valence-electron chi connectivity index (χ4n) is 5.11. The topological polar surface area (TPSA) is 0 Å². The fraction of sp³-hybridized carbons (Fsp3) is 0.273. The van der Waals surface area contributed by atoms with Crippen molar-refractivity contribution >= 4 is 50.1 Å². The summed E-state index contributed by atoms with van der Waals surface area (Å²) >= 11 is 8.66. The number of hydrogen-bond acceptors (Lipinski definition) is 3. The minimum absolute atomic E-state index is 0.390. The lowest BCUT2D eigenvalue weighted by molar-refractivity contribution is 0.956. The Kier molecular flexibility index (Phi) is 3.82. The maximum Gasteiger partial charge on any atom is 0.104 e. The van der Waals surface area contributed by atoms with E-state index in [2.05, 4.69) is 94.6 Å². The van der Waals surface area contributed by atoms with Gasteiger partial charge in [-0.15, -0.1) is 35.7 Å². The average Bonchev–Trinajstić information content (AvgIpc) is 2.83. The number of fused-ring (bicyclic) bond motifs is 2. The summed E-state index contributed by atoms with van der Waals surface area (Å²) in [6, 6.07) is 11.6. The van der Waals surface area contributed by atoms with Crippen LogP contribution in [0, 0.1) is 13.8 Å². The van der Waals surface area contributed by atoms with Crippen molar-refractivity contribution in [2.45, 2.75) is 42.5 Å². The van der Waals surface area contributed by atoms with Crippen molar-refractivity contribution < 1.29 is 0 Å². The van der Waals surface area contributed by atoms with Gasteiger partial charge >= 0.3 is 0 Å². The molecule has 0 nitrogen and oxygen atoms in total. The Morgan fingerprint density at radius 1 is 1.27 bits per heavy atom. The molecule has 4 heteroatoms. The first-order valence-corrected chi connectivity index (χ1v) is 13.1. The largest absolute Gasteiger partial charge is 0.148 e. The van der Waals surface area contributed by atoms with Crippen LogP contribution in [0.3, 0.4) is 0 Å². The molecule has 1 aromatic carbocycles. The van der Waals surface area contributed by atoms with Gasteiger partial charge in [0.1, 0.15) is 8.80 Å². The summed E-state index contributed by atoms with van der Waals surface area (Å²) in [4.78, 5) is 6.32. The first-order chi connectivity index (χ1) is 12.5.